The van der Waals surface area contributed by atoms with E-state index >= 15 is 0 Å². The number of piperidine rings is 1. The van der Waals surface area contributed by atoms with Crippen LogP contribution >= 0.6 is 0 Å². The van der Waals surface area contributed by atoms with Crippen LogP contribution in [0.15, 0.2) is 46.9 Å². The summed E-state index contributed by atoms with van der Waals surface area (Å²) in [4.78, 5) is 12.1. The summed E-state index contributed by atoms with van der Waals surface area (Å²) in [6, 6.07) is 0. The first kappa shape index (κ1) is 21.8. The second-order valence-electron chi connectivity index (χ2n) is 8.46. The van der Waals surface area contributed by atoms with Crippen LogP contribution in [0, 0.1) is 11.1 Å². The van der Waals surface area contributed by atoms with Gasteiger partial charge in [0.25, 0.3) is 0 Å². The Hall–Kier alpha value is -1.85. The number of carboxylic acids is 1. The van der Waals surface area contributed by atoms with E-state index in [1.165, 1.54) is 25.7 Å². The molecule has 29 heavy (non-hydrogen) atoms. The molecule has 1 N–H and O–H groups in total. The molecular weight excluding hydrogens is 366 g/mol. The summed E-state index contributed by atoms with van der Waals surface area (Å²) in [6.45, 7) is 3.79. The molecule has 1 heterocycles. The molecule has 1 atom stereocenters. The third-order valence-electron chi connectivity index (χ3n) is 6.28. The number of nitrogens with zero attached hydrogens (tertiary/aromatic N) is 1. The van der Waals surface area contributed by atoms with Crippen LogP contribution in [-0.4, -0.2) is 35.4 Å². The van der Waals surface area contributed by atoms with Crippen molar-refractivity contribution in [3.8, 4) is 0 Å². The molecule has 160 valence electrons. The number of hydroxylamine groups is 3. The minimum Gasteiger partial charge on any atom is -0.627 e. The molecule has 0 spiro atoms. The molecule has 0 bridgehead atoms. The number of allylic oxidation sites excluding steroid dienone is 5. The summed E-state index contributed by atoms with van der Waals surface area (Å²) in [6.07, 6.45) is 18.1. The highest BCUT2D eigenvalue weighted by Crippen LogP contribution is 2.44. The number of aliphatic carboxylic acids is 1. The van der Waals surface area contributed by atoms with Gasteiger partial charge in [0.1, 0.15) is 17.0 Å². The largest absolute Gasteiger partial charge is 0.627 e. The first-order valence-electron chi connectivity index (χ1n) is 11.3. The van der Waals surface area contributed by atoms with Crippen molar-refractivity contribution < 1.29 is 19.3 Å². The van der Waals surface area contributed by atoms with E-state index < -0.39 is 10.6 Å². The predicted molar refractivity (Wildman–Crippen MR) is 115 cm³/mol. The van der Waals surface area contributed by atoms with Gasteiger partial charge in [0, 0.05) is 11.6 Å². The lowest BCUT2D eigenvalue weighted by atomic mass is 9.80. The molecule has 2 aliphatic carbocycles. The van der Waals surface area contributed by atoms with E-state index in [0.717, 1.165) is 37.7 Å². The monoisotopic (exact) mass is 401 g/mol. The van der Waals surface area contributed by atoms with Crippen LogP contribution in [0.2, 0.25) is 0 Å². The normalized spacial score (nSPS) is 23.3. The van der Waals surface area contributed by atoms with Crippen LogP contribution < -0.4 is 0 Å². The highest BCUT2D eigenvalue weighted by molar-refractivity contribution is 5.91. The number of hydrogen-bond acceptors (Lipinski definition) is 3. The van der Waals surface area contributed by atoms with Gasteiger partial charge in [0.2, 0.25) is 0 Å². The summed E-state index contributed by atoms with van der Waals surface area (Å²) >= 11 is 0. The molecule has 1 unspecified atom stereocenters. The standard InChI is InChI=1S/C24H35NO4/c1-2-3-4-5-6-12-17-29-23-20-14-9-8-13-19(20)22(18-21(23)24(26)27)25(28)15-10-7-11-16-25/h8-9,13,18,20H,2-7,10-12,14-17H2,1H3,(H,26,27). The van der Waals surface area contributed by atoms with Gasteiger partial charge in [-0.05, 0) is 32.1 Å². The van der Waals surface area contributed by atoms with E-state index in [-0.39, 0.29) is 11.5 Å². The summed E-state index contributed by atoms with van der Waals surface area (Å²) < 4.78 is 5.67. The van der Waals surface area contributed by atoms with Crippen molar-refractivity contribution in [1.82, 2.24) is 0 Å². The molecule has 0 amide bonds. The Morgan fingerprint density at radius 3 is 2.62 bits per heavy atom. The maximum Gasteiger partial charge on any atom is 0.339 e. The zero-order valence-electron chi connectivity index (χ0n) is 17.7. The third-order valence-corrected chi connectivity index (χ3v) is 6.28. The van der Waals surface area contributed by atoms with Gasteiger partial charge in [-0.15, -0.1) is 0 Å². The van der Waals surface area contributed by atoms with Crippen LogP contribution in [0.1, 0.15) is 71.1 Å². The molecule has 3 aliphatic rings. The van der Waals surface area contributed by atoms with Crippen LogP contribution in [-0.2, 0) is 9.53 Å². The molecule has 0 aromatic heterocycles. The van der Waals surface area contributed by atoms with E-state index in [1.54, 1.807) is 6.08 Å². The van der Waals surface area contributed by atoms with Gasteiger partial charge >= 0.3 is 5.97 Å². The van der Waals surface area contributed by atoms with E-state index in [0.29, 0.717) is 37.6 Å². The van der Waals surface area contributed by atoms with Gasteiger partial charge in [-0.25, -0.2) is 4.79 Å². The SMILES string of the molecule is CCCCCCCCOC1=C(C(=O)O)C=C([N+]2([O-])CCCCC2)C2=CC=CCC21. The molecule has 1 aliphatic heterocycles. The van der Waals surface area contributed by atoms with Crippen LogP contribution in [0.25, 0.3) is 0 Å². The fourth-order valence-corrected chi connectivity index (χ4v) is 4.65. The Bertz CT molecular complexity index is 710. The van der Waals surface area contributed by atoms with Crippen LogP contribution in [0.4, 0.5) is 0 Å². The molecule has 0 radical (unpaired) electrons. The number of carbonyl (C=O) groups is 1. The Morgan fingerprint density at radius 1 is 1.17 bits per heavy atom. The fourth-order valence-electron chi connectivity index (χ4n) is 4.65. The van der Waals surface area contributed by atoms with E-state index in [1.807, 2.05) is 18.2 Å². The van der Waals surface area contributed by atoms with Gasteiger partial charge < -0.3 is 19.7 Å². The molecule has 3 rings (SSSR count). The van der Waals surface area contributed by atoms with Gasteiger partial charge in [-0.2, -0.15) is 0 Å². The van der Waals surface area contributed by atoms with Gasteiger partial charge in [-0.3, -0.25) is 0 Å². The lowest BCUT2D eigenvalue weighted by Crippen LogP contribution is -2.47. The summed E-state index contributed by atoms with van der Waals surface area (Å²) in [7, 11) is 0. The number of hydrogen-bond donors (Lipinski definition) is 1. The third kappa shape index (κ3) is 5.20. The van der Waals surface area contributed by atoms with Crippen LogP contribution in [0.3, 0.4) is 0 Å². The number of unbranched alkanes of at least 4 members (excludes halogenated alkanes) is 5. The zero-order valence-corrected chi connectivity index (χ0v) is 17.7. The van der Waals surface area contributed by atoms with Gasteiger partial charge in [0.05, 0.1) is 25.6 Å². The summed E-state index contributed by atoms with van der Waals surface area (Å²) in [5.74, 6) is -0.622. The van der Waals surface area contributed by atoms with E-state index in [9.17, 15) is 15.1 Å². The second-order valence-corrected chi connectivity index (χ2v) is 8.46. The molecule has 0 aromatic rings. The van der Waals surface area contributed by atoms with Crippen LogP contribution in [0.5, 0.6) is 0 Å². The van der Waals surface area contributed by atoms with Crippen molar-refractivity contribution >= 4 is 5.97 Å². The molecular formula is C24H35NO4. The topological polar surface area (TPSA) is 69.6 Å². The number of rotatable bonds is 10. The first-order valence-corrected chi connectivity index (χ1v) is 11.3. The summed E-state index contributed by atoms with van der Waals surface area (Å²) in [5.41, 5.74) is 1.75. The molecule has 0 saturated carbocycles. The number of fused-ring (bicyclic) bond motifs is 1. The van der Waals surface area contributed by atoms with Crippen molar-refractivity contribution in [3.63, 3.8) is 0 Å². The Kier molecular flexibility index (Phi) is 7.73. The predicted octanol–water partition coefficient (Wildman–Crippen LogP) is 5.60. The van der Waals surface area contributed by atoms with E-state index in [2.05, 4.69) is 6.92 Å². The molecule has 1 saturated heterocycles. The maximum atomic E-state index is 13.5. The average Bonchev–Trinajstić information content (AvgIpc) is 2.73. The zero-order chi connectivity index (χ0) is 20.7. The van der Waals surface area contributed by atoms with Crippen molar-refractivity contribution in [2.24, 2.45) is 5.92 Å². The fraction of sp³-hybridized carbons (Fsp3) is 0.625. The molecule has 5 nitrogen and oxygen atoms in total. The average molecular weight is 402 g/mol. The van der Waals surface area contributed by atoms with Crippen molar-refractivity contribution in [2.45, 2.75) is 71.1 Å². The van der Waals surface area contributed by atoms with Crippen molar-refractivity contribution in [2.75, 3.05) is 19.7 Å². The molecule has 1 fully saturated rings. The highest BCUT2D eigenvalue weighted by Gasteiger charge is 2.40. The van der Waals surface area contributed by atoms with Gasteiger partial charge in [-0.1, -0.05) is 57.3 Å². The van der Waals surface area contributed by atoms with Crippen molar-refractivity contribution in [3.05, 3.63) is 52.1 Å². The number of likely N-dealkylation sites (tertiary alicyclic amines) is 1. The quantitative estimate of drug-likeness (QED) is 0.294. The van der Waals surface area contributed by atoms with Crippen molar-refractivity contribution in [1.29, 1.82) is 0 Å². The molecule has 0 aromatic carbocycles. The molecule has 5 heteroatoms. The smallest absolute Gasteiger partial charge is 0.339 e. The van der Waals surface area contributed by atoms with E-state index in [4.69, 9.17) is 4.74 Å². The van der Waals surface area contributed by atoms with Gasteiger partial charge in [0.15, 0.2) is 0 Å². The number of ether oxygens (including phenoxy) is 1. The Balaban J connectivity index is 1.79. The summed E-state index contributed by atoms with van der Waals surface area (Å²) in [5, 5.41) is 23.4. The minimum absolute atomic E-state index is 0.155. The lowest BCUT2D eigenvalue weighted by molar-refractivity contribution is -0.846. The highest BCUT2D eigenvalue weighted by atomic mass is 16.5. The maximum absolute atomic E-state index is 13.5. The second kappa shape index (κ2) is 10.3. The number of quaternary nitrogens is 1. The Morgan fingerprint density at radius 2 is 1.90 bits per heavy atom. The minimum atomic E-state index is -1.00. The first-order chi connectivity index (χ1) is 14.1. The lowest BCUT2D eigenvalue weighted by Gasteiger charge is -2.49. The Labute approximate surface area is 174 Å². The number of carboxylic acid groups (broad SMARTS) is 1.